The number of aromatic nitrogens is 2. The molecule has 1 aliphatic heterocycles. The Morgan fingerprint density at radius 1 is 1.37 bits per heavy atom. The molecule has 1 fully saturated rings. The van der Waals surface area contributed by atoms with Gasteiger partial charge in [0.25, 0.3) is 11.6 Å². The molecule has 0 radical (unpaired) electrons. The molecule has 0 spiro atoms. The van der Waals surface area contributed by atoms with Crippen molar-refractivity contribution >= 4 is 23.3 Å². The van der Waals surface area contributed by atoms with Gasteiger partial charge in [-0.3, -0.25) is 20.0 Å². The summed E-state index contributed by atoms with van der Waals surface area (Å²) in [5.41, 5.74) is 1.61. The van der Waals surface area contributed by atoms with Crippen LogP contribution in [-0.2, 0) is 4.74 Å². The number of ether oxygens (including phenoxy) is 1. The van der Waals surface area contributed by atoms with E-state index in [-0.39, 0.29) is 23.5 Å². The Bertz CT molecular complexity index is 897. The van der Waals surface area contributed by atoms with Crippen LogP contribution in [0.5, 0.6) is 0 Å². The maximum absolute atomic E-state index is 12.7. The monoisotopic (exact) mass is 416 g/mol. The van der Waals surface area contributed by atoms with Crippen molar-refractivity contribution < 1.29 is 19.2 Å². The van der Waals surface area contributed by atoms with E-state index < -0.39 is 4.92 Å². The Morgan fingerprint density at radius 2 is 2.13 bits per heavy atom. The molecule has 3 amide bonds. The lowest BCUT2D eigenvalue weighted by Gasteiger charge is -2.32. The van der Waals surface area contributed by atoms with Crippen molar-refractivity contribution in [2.24, 2.45) is 0 Å². The molecule has 0 saturated carbocycles. The Balaban J connectivity index is 1.63. The third kappa shape index (κ3) is 5.11. The van der Waals surface area contributed by atoms with Crippen LogP contribution in [-0.4, -0.2) is 65.3 Å². The summed E-state index contributed by atoms with van der Waals surface area (Å²) in [6, 6.07) is 5.38. The number of piperidine rings is 1. The summed E-state index contributed by atoms with van der Waals surface area (Å²) in [5.74, 6) is -0.282. The second kappa shape index (κ2) is 9.83. The predicted octanol–water partition coefficient (Wildman–Crippen LogP) is 2.11. The summed E-state index contributed by atoms with van der Waals surface area (Å²) in [5, 5.41) is 23.2. The second-order valence-corrected chi connectivity index (χ2v) is 6.97. The first kappa shape index (κ1) is 21.2. The second-order valence-electron chi connectivity index (χ2n) is 6.97. The third-order valence-electron chi connectivity index (χ3n) is 4.95. The van der Waals surface area contributed by atoms with Crippen LogP contribution in [0.4, 0.5) is 16.2 Å². The molecule has 11 nitrogen and oxygen atoms in total. The number of urea groups is 1. The number of nitrogens with one attached hydrogen (secondary N) is 3. The first-order chi connectivity index (χ1) is 14.5. The number of H-pyrrole nitrogens is 1. The minimum atomic E-state index is -0.492. The van der Waals surface area contributed by atoms with Gasteiger partial charge in [0.05, 0.1) is 29.0 Å². The van der Waals surface area contributed by atoms with E-state index in [4.69, 9.17) is 4.74 Å². The molecule has 0 aliphatic carbocycles. The molecule has 2 heterocycles. The van der Waals surface area contributed by atoms with Gasteiger partial charge in [-0.2, -0.15) is 5.10 Å². The SMILES string of the molecule is COCCNC(=O)c1cn[nH]c1[C@@H]1CCCN(C(=O)Nc2ccc([N+](=O)[O-])cc2)C1. The summed E-state index contributed by atoms with van der Waals surface area (Å²) < 4.78 is 4.94. The third-order valence-corrected chi connectivity index (χ3v) is 4.95. The van der Waals surface area contributed by atoms with E-state index in [0.717, 1.165) is 12.8 Å². The minimum Gasteiger partial charge on any atom is -0.383 e. The largest absolute Gasteiger partial charge is 0.383 e. The van der Waals surface area contributed by atoms with Gasteiger partial charge in [-0.1, -0.05) is 0 Å². The highest BCUT2D eigenvalue weighted by atomic mass is 16.6. The first-order valence-corrected chi connectivity index (χ1v) is 9.60. The Morgan fingerprint density at radius 3 is 2.83 bits per heavy atom. The number of hydrogen-bond acceptors (Lipinski definition) is 6. The number of aromatic amines is 1. The fourth-order valence-corrected chi connectivity index (χ4v) is 3.42. The van der Waals surface area contributed by atoms with Crippen molar-refractivity contribution in [3.8, 4) is 0 Å². The van der Waals surface area contributed by atoms with Crippen molar-refractivity contribution in [2.45, 2.75) is 18.8 Å². The van der Waals surface area contributed by atoms with Crippen molar-refractivity contribution in [3.05, 3.63) is 51.8 Å². The molecule has 3 N–H and O–H groups in total. The van der Waals surface area contributed by atoms with Gasteiger partial charge in [-0.05, 0) is 25.0 Å². The van der Waals surface area contributed by atoms with Gasteiger partial charge < -0.3 is 20.3 Å². The lowest BCUT2D eigenvalue weighted by Crippen LogP contribution is -2.42. The molecule has 2 aromatic rings. The number of rotatable bonds is 7. The van der Waals surface area contributed by atoms with Crippen molar-refractivity contribution in [3.63, 3.8) is 0 Å². The van der Waals surface area contributed by atoms with E-state index in [2.05, 4.69) is 20.8 Å². The molecule has 1 aromatic carbocycles. The van der Waals surface area contributed by atoms with Crippen LogP contribution in [0.2, 0.25) is 0 Å². The van der Waals surface area contributed by atoms with Crippen molar-refractivity contribution in [1.29, 1.82) is 0 Å². The number of nitrogens with zero attached hydrogens (tertiary/aromatic N) is 3. The number of nitro benzene ring substituents is 1. The van der Waals surface area contributed by atoms with Crippen LogP contribution in [0.3, 0.4) is 0 Å². The first-order valence-electron chi connectivity index (χ1n) is 9.60. The van der Waals surface area contributed by atoms with Crippen LogP contribution in [0, 0.1) is 10.1 Å². The summed E-state index contributed by atoms with van der Waals surface area (Å²) in [6.07, 6.45) is 3.09. The molecule has 160 valence electrons. The van der Waals surface area contributed by atoms with Crippen LogP contribution in [0.25, 0.3) is 0 Å². The maximum Gasteiger partial charge on any atom is 0.321 e. The standard InChI is InChI=1S/C19H24N6O5/c1-30-10-8-20-18(26)16-11-21-23-17(16)13-3-2-9-24(12-13)19(27)22-14-4-6-15(7-5-14)25(28)29/h4-7,11,13H,2-3,8-10,12H2,1H3,(H,20,26)(H,21,23)(H,22,27)/t13-/m1/s1. The van der Waals surface area contributed by atoms with E-state index in [9.17, 15) is 19.7 Å². The van der Waals surface area contributed by atoms with E-state index in [1.54, 1.807) is 12.0 Å². The quantitative estimate of drug-likeness (QED) is 0.358. The number of benzene rings is 1. The lowest BCUT2D eigenvalue weighted by atomic mass is 9.92. The van der Waals surface area contributed by atoms with Gasteiger partial charge in [0.1, 0.15) is 0 Å². The number of non-ortho nitro benzene ring substituents is 1. The zero-order chi connectivity index (χ0) is 21.5. The number of nitro groups is 1. The van der Waals surface area contributed by atoms with Gasteiger partial charge in [0, 0.05) is 50.5 Å². The highest BCUT2D eigenvalue weighted by Gasteiger charge is 2.29. The Hall–Kier alpha value is -3.47. The summed E-state index contributed by atoms with van der Waals surface area (Å²) >= 11 is 0. The van der Waals surface area contributed by atoms with E-state index in [1.807, 2.05) is 0 Å². The molecule has 1 aliphatic rings. The highest BCUT2D eigenvalue weighted by Crippen LogP contribution is 2.28. The van der Waals surface area contributed by atoms with Gasteiger partial charge in [0.15, 0.2) is 0 Å². The highest BCUT2D eigenvalue weighted by molar-refractivity contribution is 5.95. The van der Waals surface area contributed by atoms with Gasteiger partial charge in [-0.25, -0.2) is 4.79 Å². The van der Waals surface area contributed by atoms with Crippen LogP contribution < -0.4 is 10.6 Å². The maximum atomic E-state index is 12.7. The van der Waals surface area contributed by atoms with Crippen molar-refractivity contribution in [2.75, 3.05) is 38.7 Å². The number of anilines is 1. The van der Waals surface area contributed by atoms with Crippen LogP contribution in [0.15, 0.2) is 30.5 Å². The van der Waals surface area contributed by atoms with E-state index in [1.165, 1.54) is 30.5 Å². The number of carbonyl (C=O) groups excluding carboxylic acids is 2. The summed E-state index contributed by atoms with van der Waals surface area (Å²) in [4.78, 5) is 37.0. The molecule has 30 heavy (non-hydrogen) atoms. The number of hydrogen-bond donors (Lipinski definition) is 3. The van der Waals surface area contributed by atoms with Gasteiger partial charge in [-0.15, -0.1) is 0 Å². The fourth-order valence-electron chi connectivity index (χ4n) is 3.42. The molecule has 1 atom stereocenters. The zero-order valence-electron chi connectivity index (χ0n) is 16.6. The number of likely N-dealkylation sites (tertiary alicyclic amines) is 1. The normalized spacial score (nSPS) is 16.2. The van der Waals surface area contributed by atoms with E-state index in [0.29, 0.717) is 43.2 Å². The van der Waals surface area contributed by atoms with Crippen LogP contribution >= 0.6 is 0 Å². The summed E-state index contributed by atoms with van der Waals surface area (Å²) in [7, 11) is 1.56. The van der Waals surface area contributed by atoms with Gasteiger partial charge >= 0.3 is 6.03 Å². The minimum absolute atomic E-state index is 0.0402. The lowest BCUT2D eigenvalue weighted by molar-refractivity contribution is -0.384. The molecular weight excluding hydrogens is 392 g/mol. The average Bonchev–Trinajstić information content (AvgIpc) is 3.24. The zero-order valence-corrected chi connectivity index (χ0v) is 16.6. The number of amides is 3. The molecule has 0 bridgehead atoms. The van der Waals surface area contributed by atoms with E-state index >= 15 is 0 Å². The fraction of sp³-hybridized carbons (Fsp3) is 0.421. The molecule has 1 saturated heterocycles. The molecule has 3 rings (SSSR count). The predicted molar refractivity (Wildman–Crippen MR) is 108 cm³/mol. The van der Waals surface area contributed by atoms with Crippen molar-refractivity contribution in [1.82, 2.24) is 20.4 Å². The smallest absolute Gasteiger partial charge is 0.321 e. The molecule has 11 heteroatoms. The van der Waals surface area contributed by atoms with Crippen LogP contribution in [0.1, 0.15) is 34.8 Å². The molecule has 0 unspecified atom stereocenters. The molecular formula is C19H24N6O5. The number of methoxy groups -OCH3 is 1. The topological polar surface area (TPSA) is 142 Å². The Labute approximate surface area is 172 Å². The number of carbonyl (C=O) groups is 2. The molecule has 1 aromatic heterocycles. The summed E-state index contributed by atoms with van der Waals surface area (Å²) in [6.45, 7) is 1.82. The average molecular weight is 416 g/mol. The Kier molecular flexibility index (Phi) is 6.96. The van der Waals surface area contributed by atoms with Gasteiger partial charge in [0.2, 0.25) is 0 Å².